The van der Waals surface area contributed by atoms with Gasteiger partial charge < -0.3 is 10.0 Å². The Bertz CT molecular complexity index is 743. The van der Waals surface area contributed by atoms with Crippen molar-refractivity contribution in [3.8, 4) is 0 Å². The summed E-state index contributed by atoms with van der Waals surface area (Å²) in [5.74, 6) is -4.25. The van der Waals surface area contributed by atoms with Gasteiger partial charge in [-0.15, -0.1) is 0 Å². The number of aliphatic hydroxyl groups is 1. The van der Waals surface area contributed by atoms with Gasteiger partial charge in [0.15, 0.2) is 5.60 Å². The molecule has 8 heteroatoms. The van der Waals surface area contributed by atoms with Crippen molar-refractivity contribution < 1.29 is 18.7 Å². The van der Waals surface area contributed by atoms with Crippen LogP contribution in [0.25, 0.3) is 10.4 Å². The molecular weight excluding hydrogens is 354 g/mol. The van der Waals surface area contributed by atoms with E-state index < -0.39 is 35.3 Å². The number of likely N-dealkylation sites (tertiary alicyclic amines) is 1. The summed E-state index contributed by atoms with van der Waals surface area (Å²) in [7, 11) is 0. The zero-order valence-electron chi connectivity index (χ0n) is 15.3. The molecule has 1 saturated heterocycles. The molecule has 0 aromatic heterocycles. The lowest BCUT2D eigenvalue weighted by Gasteiger charge is -2.42. The lowest BCUT2D eigenvalue weighted by Crippen LogP contribution is -2.54. The van der Waals surface area contributed by atoms with Gasteiger partial charge in [-0.05, 0) is 30.4 Å². The van der Waals surface area contributed by atoms with E-state index in [1.807, 2.05) is 6.92 Å². The fraction of sp³-hybridized carbons (Fsp3) is 0.632. The average molecular weight is 378 g/mol. The van der Waals surface area contributed by atoms with Gasteiger partial charge in [0, 0.05) is 42.3 Å². The van der Waals surface area contributed by atoms with Crippen LogP contribution in [0.5, 0.6) is 0 Å². The Hall–Kier alpha value is -2.18. The average Bonchev–Trinajstić information content (AvgIpc) is 3.02. The Balaban J connectivity index is 1.88. The summed E-state index contributed by atoms with van der Waals surface area (Å²) >= 11 is 0. The van der Waals surface area contributed by atoms with Gasteiger partial charge in [0.05, 0.1) is 0 Å². The molecule has 1 aliphatic carbocycles. The zero-order valence-corrected chi connectivity index (χ0v) is 15.3. The number of hydrogen-bond acceptors (Lipinski definition) is 3. The molecule has 0 bridgehead atoms. The SMILES string of the molecule is CC1(N=[N+]=[N-])CCN(C(=O)[C@](O)(c2ccccc2)[C@@H]2CCC(F)(F)C2)CC1. The number of azide groups is 1. The van der Waals surface area contributed by atoms with E-state index in [4.69, 9.17) is 5.53 Å². The van der Waals surface area contributed by atoms with Crippen LogP contribution in [0.2, 0.25) is 0 Å². The number of hydrogen-bond donors (Lipinski definition) is 1. The fourth-order valence-corrected chi connectivity index (χ4v) is 4.17. The number of alkyl halides is 2. The number of piperidine rings is 1. The predicted molar refractivity (Wildman–Crippen MR) is 96.0 cm³/mol. The van der Waals surface area contributed by atoms with E-state index in [2.05, 4.69) is 10.0 Å². The molecule has 146 valence electrons. The first-order valence-electron chi connectivity index (χ1n) is 9.22. The van der Waals surface area contributed by atoms with Gasteiger partial charge in [0.25, 0.3) is 5.91 Å². The zero-order chi connectivity index (χ0) is 19.7. The summed E-state index contributed by atoms with van der Waals surface area (Å²) < 4.78 is 27.7. The van der Waals surface area contributed by atoms with Gasteiger partial charge in [0.2, 0.25) is 5.92 Å². The minimum Gasteiger partial charge on any atom is -0.375 e. The summed E-state index contributed by atoms with van der Waals surface area (Å²) in [6, 6.07) is 8.36. The van der Waals surface area contributed by atoms with Gasteiger partial charge in [0.1, 0.15) is 0 Å². The van der Waals surface area contributed by atoms with Crippen LogP contribution in [0, 0.1) is 5.92 Å². The van der Waals surface area contributed by atoms with Crippen molar-refractivity contribution in [2.45, 2.75) is 56.1 Å². The highest BCUT2D eigenvalue weighted by molar-refractivity contribution is 5.87. The van der Waals surface area contributed by atoms with Crippen molar-refractivity contribution >= 4 is 5.91 Å². The normalized spacial score (nSPS) is 26.1. The van der Waals surface area contributed by atoms with Crippen LogP contribution in [-0.4, -0.2) is 40.5 Å². The maximum absolute atomic E-state index is 13.9. The molecule has 1 aromatic rings. The number of rotatable bonds is 4. The van der Waals surface area contributed by atoms with Crippen LogP contribution >= 0.6 is 0 Å². The summed E-state index contributed by atoms with van der Waals surface area (Å²) in [5.41, 5.74) is 6.49. The summed E-state index contributed by atoms with van der Waals surface area (Å²) in [5, 5.41) is 15.3. The van der Waals surface area contributed by atoms with Crippen molar-refractivity contribution in [3.63, 3.8) is 0 Å². The number of carbonyl (C=O) groups excluding carboxylic acids is 1. The molecule has 1 saturated carbocycles. The molecule has 1 heterocycles. The molecule has 27 heavy (non-hydrogen) atoms. The van der Waals surface area contributed by atoms with Gasteiger partial charge in [-0.1, -0.05) is 42.4 Å². The van der Waals surface area contributed by atoms with Crippen molar-refractivity contribution in [2.75, 3.05) is 13.1 Å². The molecule has 1 aliphatic heterocycles. The van der Waals surface area contributed by atoms with Crippen LogP contribution in [-0.2, 0) is 10.4 Å². The lowest BCUT2D eigenvalue weighted by molar-refractivity contribution is -0.162. The van der Waals surface area contributed by atoms with E-state index in [-0.39, 0.29) is 12.8 Å². The summed E-state index contributed by atoms with van der Waals surface area (Å²) in [4.78, 5) is 17.7. The van der Waals surface area contributed by atoms with Gasteiger partial charge in [-0.3, -0.25) is 4.79 Å². The van der Waals surface area contributed by atoms with E-state index in [0.29, 0.717) is 31.5 Å². The second kappa shape index (κ2) is 7.09. The maximum Gasteiger partial charge on any atom is 0.259 e. The largest absolute Gasteiger partial charge is 0.375 e. The van der Waals surface area contributed by atoms with E-state index in [1.54, 1.807) is 30.3 Å². The van der Waals surface area contributed by atoms with Crippen molar-refractivity contribution in [1.82, 2.24) is 4.90 Å². The third-order valence-electron chi connectivity index (χ3n) is 5.95. The molecule has 0 unspecified atom stereocenters. The third-order valence-corrected chi connectivity index (χ3v) is 5.95. The quantitative estimate of drug-likeness (QED) is 0.487. The molecule has 0 spiro atoms. The molecule has 2 atom stereocenters. The van der Waals surface area contributed by atoms with E-state index >= 15 is 0 Å². The Morgan fingerprint density at radius 2 is 1.93 bits per heavy atom. The molecule has 2 fully saturated rings. The highest BCUT2D eigenvalue weighted by Gasteiger charge is 2.54. The first-order valence-corrected chi connectivity index (χ1v) is 9.22. The highest BCUT2D eigenvalue weighted by atomic mass is 19.3. The number of benzene rings is 1. The lowest BCUT2D eigenvalue weighted by atomic mass is 9.78. The minimum absolute atomic E-state index is 0.0917. The van der Waals surface area contributed by atoms with Gasteiger partial charge in [-0.2, -0.15) is 0 Å². The topological polar surface area (TPSA) is 89.3 Å². The summed E-state index contributed by atoms with van der Waals surface area (Å²) in [6.45, 7) is 2.45. The molecule has 1 N–H and O–H groups in total. The predicted octanol–water partition coefficient (Wildman–Crippen LogP) is 4.00. The van der Waals surface area contributed by atoms with Crippen LogP contribution in [0.3, 0.4) is 0 Å². The second-order valence-corrected chi connectivity index (χ2v) is 7.91. The first-order chi connectivity index (χ1) is 12.7. The minimum atomic E-state index is -2.87. The van der Waals surface area contributed by atoms with Crippen LogP contribution in [0.1, 0.15) is 44.6 Å². The number of carbonyl (C=O) groups is 1. The third kappa shape index (κ3) is 3.77. The Labute approximate surface area is 156 Å². The van der Waals surface area contributed by atoms with E-state index in [1.165, 1.54) is 4.90 Å². The second-order valence-electron chi connectivity index (χ2n) is 7.91. The smallest absolute Gasteiger partial charge is 0.259 e. The van der Waals surface area contributed by atoms with Crippen LogP contribution in [0.4, 0.5) is 8.78 Å². The molecule has 3 rings (SSSR count). The van der Waals surface area contributed by atoms with E-state index in [9.17, 15) is 18.7 Å². The number of nitrogens with zero attached hydrogens (tertiary/aromatic N) is 4. The van der Waals surface area contributed by atoms with Crippen LogP contribution < -0.4 is 0 Å². The van der Waals surface area contributed by atoms with Crippen LogP contribution in [0.15, 0.2) is 35.4 Å². The van der Waals surface area contributed by atoms with Gasteiger partial charge >= 0.3 is 0 Å². The molecule has 1 amide bonds. The van der Waals surface area contributed by atoms with Crippen molar-refractivity contribution in [1.29, 1.82) is 0 Å². The van der Waals surface area contributed by atoms with Crippen molar-refractivity contribution in [2.24, 2.45) is 11.0 Å². The highest BCUT2D eigenvalue weighted by Crippen LogP contribution is 2.48. The van der Waals surface area contributed by atoms with Gasteiger partial charge in [-0.25, -0.2) is 8.78 Å². The van der Waals surface area contributed by atoms with E-state index in [0.717, 1.165) is 0 Å². The molecule has 1 aromatic carbocycles. The first kappa shape index (κ1) is 19.6. The molecule has 0 radical (unpaired) electrons. The number of halogens is 2. The summed E-state index contributed by atoms with van der Waals surface area (Å²) in [6.07, 6.45) is 0.195. The molecular formula is C19H24F2N4O2. The number of amides is 1. The van der Waals surface area contributed by atoms with Crippen molar-refractivity contribution in [3.05, 3.63) is 46.3 Å². The Kier molecular flexibility index (Phi) is 5.14. The Morgan fingerprint density at radius 1 is 1.30 bits per heavy atom. The molecule has 6 nitrogen and oxygen atoms in total. The Morgan fingerprint density at radius 3 is 2.44 bits per heavy atom. The molecule has 2 aliphatic rings. The fourth-order valence-electron chi connectivity index (χ4n) is 4.17. The maximum atomic E-state index is 13.9. The monoisotopic (exact) mass is 378 g/mol. The standard InChI is InChI=1S/C19H24F2N4O2/c1-17(23-24-22)9-11-25(12-10-17)16(26)19(27,14-5-3-2-4-6-14)15-7-8-18(20,21)13-15/h2-6,15,27H,7-13H2,1H3/t15-,19+/m1/s1.